The van der Waals surface area contributed by atoms with Crippen molar-refractivity contribution in [1.29, 1.82) is 0 Å². The van der Waals surface area contributed by atoms with Gasteiger partial charge < -0.3 is 23.7 Å². The zero-order chi connectivity index (χ0) is 31.0. The van der Waals surface area contributed by atoms with Crippen LogP contribution in [0.4, 0.5) is 5.69 Å². The summed E-state index contributed by atoms with van der Waals surface area (Å²) in [5.74, 6) is 2.12. The van der Waals surface area contributed by atoms with Gasteiger partial charge in [-0.3, -0.25) is 0 Å². The summed E-state index contributed by atoms with van der Waals surface area (Å²) in [6.07, 6.45) is 6.05. The van der Waals surface area contributed by atoms with Crippen LogP contribution < -0.4 is 9.64 Å². The average Bonchev–Trinajstić information content (AvgIpc) is 3.68. The molecule has 0 N–H and O–H groups in total. The number of rotatable bonds is 4. The topological polar surface area (TPSA) is 38.5 Å². The molecule has 0 saturated heterocycles. The van der Waals surface area contributed by atoms with Gasteiger partial charge in [0, 0.05) is 73.7 Å². The molecule has 0 fully saturated rings. The van der Waals surface area contributed by atoms with Crippen molar-refractivity contribution in [3.8, 4) is 17.3 Å². The van der Waals surface area contributed by atoms with E-state index in [-0.39, 0.29) is 26.5 Å². The number of aromatic nitrogens is 3. The van der Waals surface area contributed by atoms with E-state index in [1.165, 1.54) is 22.0 Å². The van der Waals surface area contributed by atoms with Crippen molar-refractivity contribution in [2.24, 2.45) is 7.05 Å². The van der Waals surface area contributed by atoms with Crippen molar-refractivity contribution in [2.45, 2.75) is 33.1 Å². The largest absolute Gasteiger partial charge is 0.510 e. The molecular weight excluding hydrogens is 750 g/mol. The molecule has 7 aromatic rings. The summed E-state index contributed by atoms with van der Waals surface area (Å²) in [6, 6.07) is 32.7. The molecule has 4 heterocycles. The molecule has 3 aromatic heterocycles. The summed E-state index contributed by atoms with van der Waals surface area (Å²) < 4.78 is 11.0. The van der Waals surface area contributed by atoms with Gasteiger partial charge in [0.1, 0.15) is 5.82 Å². The predicted octanol–water partition coefficient (Wildman–Crippen LogP) is 9.16. The summed E-state index contributed by atoms with van der Waals surface area (Å²) in [6.45, 7) is 10.8. The third-order valence-corrected chi connectivity index (χ3v) is 8.78. The molecule has 0 amide bonds. The van der Waals surface area contributed by atoms with Gasteiger partial charge in [0.15, 0.2) is 0 Å². The molecule has 234 valence electrons. The van der Waals surface area contributed by atoms with Crippen LogP contribution in [-0.2, 0) is 33.5 Å². The molecule has 8 rings (SSSR count). The van der Waals surface area contributed by atoms with Crippen LogP contribution in [0.25, 0.3) is 49.4 Å². The Hall–Kier alpha value is -4.54. The van der Waals surface area contributed by atoms with Gasteiger partial charge in [-0.15, -0.1) is 47.0 Å². The molecule has 46 heavy (non-hydrogen) atoms. The summed E-state index contributed by atoms with van der Waals surface area (Å²) >= 11 is 0. The van der Waals surface area contributed by atoms with E-state index in [4.69, 9.17) is 9.72 Å². The van der Waals surface area contributed by atoms with Gasteiger partial charge in [0.05, 0.1) is 5.52 Å². The van der Waals surface area contributed by atoms with Crippen LogP contribution in [0.1, 0.15) is 31.9 Å². The van der Waals surface area contributed by atoms with Gasteiger partial charge in [-0.2, -0.15) is 12.7 Å². The van der Waals surface area contributed by atoms with Crippen molar-refractivity contribution in [3.63, 3.8) is 0 Å². The van der Waals surface area contributed by atoms with Crippen LogP contribution in [0.5, 0.6) is 11.5 Å². The molecule has 0 saturated carbocycles. The number of nitrogens with zero attached hydrogens (tertiary/aromatic N) is 5. The second-order valence-electron chi connectivity index (χ2n) is 13.0. The van der Waals surface area contributed by atoms with Crippen molar-refractivity contribution < 1.29 is 25.8 Å². The zero-order valence-corrected chi connectivity index (χ0v) is 29.0. The van der Waals surface area contributed by atoms with Gasteiger partial charge in [0.25, 0.3) is 0 Å². The Balaban J connectivity index is 0.00000338. The standard InChI is InChI=1S/C39H34N5O.Pt/c1-25-11-14-34-32(17-25)33-23-40-38(22-36(33)42(34)6)44-35-10-8-7-9-30(35)31-13-12-28(21-37(31)44)45-29-19-26(39(2,3)4)18-27(20-29)43-16-15-41(5)24-43;/h7-19,22-24H,1-6H3;/q-3;. The normalized spacial score (nSPS) is 13.4. The molecule has 0 aliphatic carbocycles. The minimum absolute atomic E-state index is 0. The molecule has 0 unspecified atom stereocenters. The molecule has 0 atom stereocenters. The van der Waals surface area contributed by atoms with E-state index < -0.39 is 0 Å². The van der Waals surface area contributed by atoms with Gasteiger partial charge in [-0.05, 0) is 55.4 Å². The molecule has 1 aliphatic heterocycles. The van der Waals surface area contributed by atoms with Crippen LogP contribution in [0.15, 0.2) is 91.4 Å². The monoisotopic (exact) mass is 783 g/mol. The predicted molar refractivity (Wildman–Crippen MR) is 184 cm³/mol. The smallest absolute Gasteiger partial charge is 0.137 e. The second kappa shape index (κ2) is 11.1. The number of fused-ring (bicyclic) bond motifs is 6. The Labute approximate surface area is 283 Å². The summed E-state index contributed by atoms with van der Waals surface area (Å²) in [7, 11) is 4.14. The third-order valence-electron chi connectivity index (χ3n) is 8.78. The minimum Gasteiger partial charge on any atom is -0.510 e. The Kier molecular flexibility index (Phi) is 7.25. The van der Waals surface area contributed by atoms with Crippen LogP contribution in [0, 0.1) is 25.7 Å². The number of aryl methyl sites for hydroxylation is 2. The fourth-order valence-electron chi connectivity index (χ4n) is 6.37. The fourth-order valence-corrected chi connectivity index (χ4v) is 6.37. The van der Waals surface area contributed by atoms with Crippen molar-refractivity contribution in [2.75, 3.05) is 11.9 Å². The first-order valence-electron chi connectivity index (χ1n) is 15.2. The molecule has 1 aliphatic rings. The Bertz CT molecular complexity index is 2320. The van der Waals surface area contributed by atoms with Crippen molar-refractivity contribution in [3.05, 3.63) is 121 Å². The summed E-state index contributed by atoms with van der Waals surface area (Å²) in [5, 5.41) is 4.61. The van der Waals surface area contributed by atoms with E-state index in [0.29, 0.717) is 11.5 Å². The van der Waals surface area contributed by atoms with Gasteiger partial charge in [-0.25, -0.2) is 4.98 Å². The second-order valence-corrected chi connectivity index (χ2v) is 13.0. The number of pyridine rings is 1. The van der Waals surface area contributed by atoms with Gasteiger partial charge in [-0.1, -0.05) is 56.1 Å². The van der Waals surface area contributed by atoms with Crippen LogP contribution in [0.3, 0.4) is 0 Å². The number of ether oxygens (including phenoxy) is 1. The van der Waals surface area contributed by atoms with E-state index >= 15 is 0 Å². The summed E-state index contributed by atoms with van der Waals surface area (Å²) in [5.41, 5.74) is 7.59. The van der Waals surface area contributed by atoms with Crippen LogP contribution in [-0.4, -0.2) is 26.1 Å². The fraction of sp³-hybridized carbons (Fsp3) is 0.179. The first kappa shape index (κ1) is 30.1. The number of hydrogen-bond donors (Lipinski definition) is 0. The van der Waals surface area contributed by atoms with E-state index in [1.807, 2.05) is 43.3 Å². The first-order chi connectivity index (χ1) is 21.6. The molecule has 0 bridgehead atoms. The number of anilines is 1. The van der Waals surface area contributed by atoms with E-state index in [2.05, 4.69) is 128 Å². The maximum atomic E-state index is 6.55. The molecule has 0 radical (unpaired) electrons. The summed E-state index contributed by atoms with van der Waals surface area (Å²) in [4.78, 5) is 9.10. The van der Waals surface area contributed by atoms with Crippen molar-refractivity contribution >= 4 is 49.3 Å². The Morgan fingerprint density at radius 3 is 2.37 bits per heavy atom. The number of para-hydroxylation sites is 1. The van der Waals surface area contributed by atoms with Crippen molar-refractivity contribution in [1.82, 2.24) is 19.0 Å². The minimum atomic E-state index is -0.0673. The number of benzene rings is 4. The maximum absolute atomic E-state index is 6.55. The molecule has 0 spiro atoms. The van der Waals surface area contributed by atoms with E-state index in [0.717, 1.165) is 44.2 Å². The average molecular weight is 784 g/mol. The van der Waals surface area contributed by atoms with Crippen LogP contribution >= 0.6 is 0 Å². The number of hydrogen-bond acceptors (Lipinski definition) is 4. The van der Waals surface area contributed by atoms with Gasteiger partial charge in [0.2, 0.25) is 0 Å². The maximum Gasteiger partial charge on any atom is 0.137 e. The quantitative estimate of drug-likeness (QED) is 0.167. The Morgan fingerprint density at radius 1 is 0.761 bits per heavy atom. The zero-order valence-electron chi connectivity index (χ0n) is 26.7. The van der Waals surface area contributed by atoms with Crippen LogP contribution in [0.2, 0.25) is 0 Å². The molecule has 4 aromatic carbocycles. The first-order valence-corrected chi connectivity index (χ1v) is 15.2. The van der Waals surface area contributed by atoms with E-state index in [9.17, 15) is 0 Å². The molecule has 6 nitrogen and oxygen atoms in total. The van der Waals surface area contributed by atoms with E-state index in [1.54, 1.807) is 0 Å². The van der Waals surface area contributed by atoms with Gasteiger partial charge >= 0.3 is 0 Å². The Morgan fingerprint density at radius 2 is 1.59 bits per heavy atom. The molecule has 7 heteroatoms. The molecular formula is C39H34N5OPt-3. The SMILES string of the molecule is Cc1ccc2c(c1)c1cnc(-n3c4[c-]c(Oc5[c-]c(N6C=CN(C)[CH-]6)cc(C(C)(C)C)c5)ccc4c4ccccc43)cc1n2C.[Pt]. The third kappa shape index (κ3) is 4.96.